The van der Waals surface area contributed by atoms with Crippen molar-refractivity contribution in [2.75, 3.05) is 47.1 Å². The molecule has 0 aromatic heterocycles. The van der Waals surface area contributed by atoms with Crippen molar-refractivity contribution in [3.63, 3.8) is 0 Å². The van der Waals surface area contributed by atoms with Gasteiger partial charge >= 0.3 is 0 Å². The van der Waals surface area contributed by atoms with Crippen molar-refractivity contribution in [1.82, 2.24) is 4.90 Å². The number of hydrogen-bond donors (Lipinski definition) is 0. The van der Waals surface area contributed by atoms with E-state index in [4.69, 9.17) is 14.2 Å². The van der Waals surface area contributed by atoms with Crippen molar-refractivity contribution in [2.24, 2.45) is 46.3 Å². The molecule has 0 bridgehead atoms. The van der Waals surface area contributed by atoms with Crippen LogP contribution in [0.5, 0.6) is 0 Å². The van der Waals surface area contributed by atoms with Crippen LogP contribution in [0.25, 0.3) is 0 Å². The van der Waals surface area contributed by atoms with Crippen molar-refractivity contribution < 1.29 is 14.2 Å². The summed E-state index contributed by atoms with van der Waals surface area (Å²) in [4.78, 5) is 2.22. The minimum Gasteiger partial charge on any atom is -0.379 e. The predicted octanol–water partition coefficient (Wildman–Crippen LogP) is 13.1. The molecule has 0 N–H and O–H groups in total. The van der Waals surface area contributed by atoms with Gasteiger partial charge < -0.3 is 19.1 Å². The number of nitrogens with zero attached hydrogens (tertiary/aromatic N) is 1. The van der Waals surface area contributed by atoms with E-state index in [0.29, 0.717) is 16.9 Å². The zero-order valence-corrected chi connectivity index (χ0v) is 36.2. The highest BCUT2D eigenvalue weighted by Crippen LogP contribution is 2.67. The Kier molecular flexibility index (Phi) is 19.6. The maximum absolute atomic E-state index is 6.58. The molecule has 4 aliphatic rings. The Balaban J connectivity index is 1.07. The lowest BCUT2D eigenvalue weighted by atomic mass is 9.47. The summed E-state index contributed by atoms with van der Waals surface area (Å²) in [7, 11) is 4.26. The Morgan fingerprint density at radius 3 is 2.15 bits per heavy atom. The average molecular weight is 728 g/mol. The highest BCUT2D eigenvalue weighted by molar-refractivity contribution is 5.25. The Hall–Kier alpha value is -0.420. The third-order valence-corrected chi connectivity index (χ3v) is 15.0. The normalized spacial score (nSPS) is 31.3. The second-order valence-corrected chi connectivity index (χ2v) is 19.7. The minimum absolute atomic E-state index is 0.187. The van der Waals surface area contributed by atoms with E-state index < -0.39 is 0 Å². The first-order valence-electron chi connectivity index (χ1n) is 23.2. The molecule has 9 atom stereocenters. The largest absolute Gasteiger partial charge is 0.379 e. The second kappa shape index (κ2) is 23.0. The maximum Gasteiger partial charge on any atom is 0.0934 e. The smallest absolute Gasteiger partial charge is 0.0934 e. The molecule has 0 radical (unpaired) electrons. The lowest BCUT2D eigenvalue weighted by Crippen LogP contribution is -2.51. The zero-order valence-electron chi connectivity index (χ0n) is 36.2. The summed E-state index contributed by atoms with van der Waals surface area (Å²) in [5.41, 5.74) is 2.80. The van der Waals surface area contributed by atoms with Crippen LogP contribution in [0.3, 0.4) is 0 Å². The van der Waals surface area contributed by atoms with Gasteiger partial charge in [0.25, 0.3) is 0 Å². The Bertz CT molecular complexity index is 994. The van der Waals surface area contributed by atoms with E-state index in [2.05, 4.69) is 66.6 Å². The topological polar surface area (TPSA) is 30.9 Å². The SMILES string of the molecule is CCCCCCCCOC[C@@H](CN(C)C)OCCCCCCCCOC1CC[C@@]2(C)C(=CC[C@H]3[C@@H]4CC[C@H]([C@H](C)CCCC(C)C)[C@@]4(C)CC[C@@H]32)C1. The standard InChI is InChI=1S/C48H89NO3/c1-9-10-11-12-15-18-32-50-37-42(36-49(7)8)52-34-20-17-14-13-16-19-33-51-41-28-30-47(5)40(35-41)24-25-43-45-27-26-44(39(4)23-21-22-38(2)3)48(45,6)31-29-46(43)47/h24,38-39,41-46H,9-23,25-37H2,1-8H3/t39-,41?,42-,43+,44-,45+,46+,47+,48-/m1/s1. The van der Waals surface area contributed by atoms with Crippen molar-refractivity contribution >= 4 is 0 Å². The summed E-state index contributed by atoms with van der Waals surface area (Å²) >= 11 is 0. The van der Waals surface area contributed by atoms with E-state index in [1.165, 1.54) is 141 Å². The molecule has 3 saturated carbocycles. The summed E-state index contributed by atoms with van der Waals surface area (Å²) in [5, 5.41) is 0. The molecule has 4 aliphatic carbocycles. The fourth-order valence-corrected chi connectivity index (χ4v) is 12.0. The van der Waals surface area contributed by atoms with Gasteiger partial charge in [0.2, 0.25) is 0 Å². The number of rotatable bonds is 27. The van der Waals surface area contributed by atoms with Crippen LogP contribution < -0.4 is 0 Å². The van der Waals surface area contributed by atoms with Gasteiger partial charge in [-0.05, 0) is 131 Å². The summed E-state index contributed by atoms with van der Waals surface area (Å²) in [6.07, 6.45) is 34.3. The molecule has 304 valence electrons. The van der Waals surface area contributed by atoms with Gasteiger partial charge in [-0.2, -0.15) is 0 Å². The van der Waals surface area contributed by atoms with Gasteiger partial charge in [-0.15, -0.1) is 0 Å². The average Bonchev–Trinajstić information content (AvgIpc) is 3.47. The monoisotopic (exact) mass is 728 g/mol. The first-order chi connectivity index (χ1) is 25.1. The quantitative estimate of drug-likeness (QED) is 0.0623. The highest BCUT2D eigenvalue weighted by atomic mass is 16.5. The van der Waals surface area contributed by atoms with Crippen molar-refractivity contribution in [2.45, 2.75) is 201 Å². The molecule has 0 aromatic rings. The summed E-state index contributed by atoms with van der Waals surface area (Å²) in [6, 6.07) is 0. The van der Waals surface area contributed by atoms with Gasteiger partial charge in [0, 0.05) is 26.4 Å². The van der Waals surface area contributed by atoms with Crippen molar-refractivity contribution in [3.05, 3.63) is 11.6 Å². The minimum atomic E-state index is 0.187. The number of ether oxygens (including phenoxy) is 3. The molecular formula is C48H89NO3. The molecule has 0 aliphatic heterocycles. The fourth-order valence-electron chi connectivity index (χ4n) is 12.0. The van der Waals surface area contributed by atoms with E-state index in [1.807, 2.05) is 0 Å². The molecule has 0 amide bonds. The van der Waals surface area contributed by atoms with Crippen LogP contribution in [0.2, 0.25) is 0 Å². The molecule has 0 heterocycles. The van der Waals surface area contributed by atoms with E-state index in [-0.39, 0.29) is 6.10 Å². The van der Waals surface area contributed by atoms with Crippen molar-refractivity contribution in [1.29, 1.82) is 0 Å². The lowest BCUT2D eigenvalue weighted by Gasteiger charge is -2.58. The molecular weight excluding hydrogens is 639 g/mol. The van der Waals surface area contributed by atoms with Crippen LogP contribution in [-0.2, 0) is 14.2 Å². The molecule has 52 heavy (non-hydrogen) atoms. The molecule has 4 rings (SSSR count). The number of hydrogen-bond acceptors (Lipinski definition) is 4. The Labute approximate surface area is 324 Å². The molecule has 0 aromatic carbocycles. The third-order valence-electron chi connectivity index (χ3n) is 15.0. The molecule has 4 nitrogen and oxygen atoms in total. The number of unbranched alkanes of at least 4 members (excludes halogenated alkanes) is 10. The van der Waals surface area contributed by atoms with Crippen LogP contribution in [0.1, 0.15) is 189 Å². The first kappa shape index (κ1) is 44.3. The highest BCUT2D eigenvalue weighted by Gasteiger charge is 2.59. The van der Waals surface area contributed by atoms with Crippen LogP contribution >= 0.6 is 0 Å². The molecule has 3 fully saturated rings. The van der Waals surface area contributed by atoms with Crippen LogP contribution in [0, 0.1) is 46.3 Å². The fraction of sp³-hybridized carbons (Fsp3) is 0.958. The maximum atomic E-state index is 6.58. The predicted molar refractivity (Wildman–Crippen MR) is 223 cm³/mol. The third kappa shape index (κ3) is 13.1. The number of fused-ring (bicyclic) bond motifs is 5. The van der Waals surface area contributed by atoms with Crippen molar-refractivity contribution in [3.8, 4) is 0 Å². The van der Waals surface area contributed by atoms with E-state index in [9.17, 15) is 0 Å². The van der Waals surface area contributed by atoms with Crippen LogP contribution in [-0.4, -0.2) is 64.2 Å². The number of allylic oxidation sites excluding steroid dienone is 1. The molecule has 1 unspecified atom stereocenters. The van der Waals surface area contributed by atoms with Crippen LogP contribution in [0.15, 0.2) is 11.6 Å². The first-order valence-corrected chi connectivity index (χ1v) is 23.2. The van der Waals surface area contributed by atoms with Gasteiger partial charge in [-0.3, -0.25) is 0 Å². The zero-order chi connectivity index (χ0) is 37.4. The molecule has 4 heteroatoms. The van der Waals surface area contributed by atoms with Gasteiger partial charge in [0.05, 0.1) is 18.8 Å². The number of likely N-dealkylation sites (N-methyl/N-ethyl adjacent to an activating group) is 1. The molecule has 0 spiro atoms. The summed E-state index contributed by atoms with van der Waals surface area (Å²) in [6.45, 7) is 19.4. The van der Waals surface area contributed by atoms with Crippen LogP contribution in [0.4, 0.5) is 0 Å². The molecule has 0 saturated heterocycles. The summed E-state index contributed by atoms with van der Waals surface area (Å²) in [5.74, 6) is 5.50. The van der Waals surface area contributed by atoms with E-state index in [0.717, 1.165) is 74.9 Å². The van der Waals surface area contributed by atoms with Gasteiger partial charge in [-0.25, -0.2) is 0 Å². The van der Waals surface area contributed by atoms with Gasteiger partial charge in [0.15, 0.2) is 0 Å². The summed E-state index contributed by atoms with van der Waals surface area (Å²) < 4.78 is 18.8. The van der Waals surface area contributed by atoms with E-state index >= 15 is 0 Å². The Morgan fingerprint density at radius 1 is 0.750 bits per heavy atom. The van der Waals surface area contributed by atoms with Gasteiger partial charge in [-0.1, -0.05) is 130 Å². The Morgan fingerprint density at radius 2 is 1.44 bits per heavy atom. The van der Waals surface area contributed by atoms with E-state index in [1.54, 1.807) is 5.57 Å². The lowest BCUT2D eigenvalue weighted by molar-refractivity contribution is -0.0641. The van der Waals surface area contributed by atoms with Gasteiger partial charge in [0.1, 0.15) is 0 Å². The second-order valence-electron chi connectivity index (χ2n) is 19.7.